The fourth-order valence-corrected chi connectivity index (χ4v) is 3.19. The molecule has 0 N–H and O–H groups in total. The van der Waals surface area contributed by atoms with E-state index in [-0.39, 0.29) is 18.0 Å². The zero-order valence-electron chi connectivity index (χ0n) is 18.9. The van der Waals surface area contributed by atoms with Crippen molar-refractivity contribution in [3.63, 3.8) is 0 Å². The minimum Gasteiger partial charge on any atom is -0.462 e. The minimum atomic E-state index is -0.335. The monoisotopic (exact) mass is 404 g/mol. The van der Waals surface area contributed by atoms with Crippen molar-refractivity contribution in [2.45, 2.75) is 98.0 Å². The van der Waals surface area contributed by atoms with Crippen molar-refractivity contribution in [2.75, 3.05) is 6.61 Å². The Morgan fingerprint density at radius 3 is 1.97 bits per heavy atom. The summed E-state index contributed by atoms with van der Waals surface area (Å²) < 4.78 is 10.9. The van der Waals surface area contributed by atoms with Crippen molar-refractivity contribution >= 4 is 11.9 Å². The number of hydrogen-bond donors (Lipinski definition) is 0. The van der Waals surface area contributed by atoms with Crippen LogP contribution in [-0.2, 0) is 9.47 Å². The molecule has 0 radical (unpaired) electrons. The number of ether oxygens (including phenoxy) is 2. The highest BCUT2D eigenvalue weighted by molar-refractivity contribution is 5.93. The van der Waals surface area contributed by atoms with E-state index in [1.165, 1.54) is 19.3 Å². The Kier molecular flexibility index (Phi) is 13.1. The Bertz CT molecular complexity index is 577. The van der Waals surface area contributed by atoms with Gasteiger partial charge in [-0.05, 0) is 55.9 Å². The van der Waals surface area contributed by atoms with Crippen LogP contribution in [0.2, 0.25) is 0 Å². The van der Waals surface area contributed by atoms with Gasteiger partial charge in [-0.25, -0.2) is 9.59 Å². The lowest BCUT2D eigenvalue weighted by Crippen LogP contribution is -2.17. The van der Waals surface area contributed by atoms with Gasteiger partial charge in [0, 0.05) is 0 Å². The second kappa shape index (κ2) is 15.1. The molecule has 1 aromatic carbocycles. The molecule has 4 heteroatoms. The molecule has 0 saturated heterocycles. The molecule has 0 amide bonds. The molecular formula is C25H40O4. The Labute approximate surface area is 177 Å². The number of unbranched alkanes of at least 4 members (excludes halogenated alkanes) is 5. The van der Waals surface area contributed by atoms with Gasteiger partial charge in [-0.3, -0.25) is 0 Å². The van der Waals surface area contributed by atoms with Gasteiger partial charge < -0.3 is 9.47 Å². The van der Waals surface area contributed by atoms with E-state index in [1.54, 1.807) is 24.3 Å². The second-order valence-corrected chi connectivity index (χ2v) is 8.24. The zero-order valence-corrected chi connectivity index (χ0v) is 18.9. The lowest BCUT2D eigenvalue weighted by atomic mass is 10.0. The van der Waals surface area contributed by atoms with Crippen molar-refractivity contribution in [2.24, 2.45) is 5.92 Å². The molecule has 4 nitrogen and oxygen atoms in total. The van der Waals surface area contributed by atoms with Crippen LogP contribution in [0.4, 0.5) is 0 Å². The number of carbonyl (C=O) groups is 2. The van der Waals surface area contributed by atoms with Crippen LogP contribution in [-0.4, -0.2) is 24.6 Å². The summed E-state index contributed by atoms with van der Waals surface area (Å²) in [6.07, 6.45) is 10.7. The van der Waals surface area contributed by atoms with E-state index in [4.69, 9.17) is 9.47 Å². The summed E-state index contributed by atoms with van der Waals surface area (Å²) in [6.45, 7) is 9.12. The van der Waals surface area contributed by atoms with Crippen molar-refractivity contribution in [1.82, 2.24) is 0 Å². The first kappa shape index (κ1) is 25.2. The summed E-state index contributed by atoms with van der Waals surface area (Å²) in [4.78, 5) is 24.5. The minimum absolute atomic E-state index is 0.0424. The quantitative estimate of drug-likeness (QED) is 0.234. The number of esters is 2. The highest BCUT2D eigenvalue weighted by atomic mass is 16.5. The fraction of sp³-hybridized carbons (Fsp3) is 0.680. The number of benzene rings is 1. The van der Waals surface area contributed by atoms with E-state index < -0.39 is 0 Å². The van der Waals surface area contributed by atoms with Gasteiger partial charge in [-0.2, -0.15) is 0 Å². The third-order valence-electron chi connectivity index (χ3n) is 5.12. The van der Waals surface area contributed by atoms with Crippen molar-refractivity contribution < 1.29 is 19.1 Å². The predicted octanol–water partition coefficient (Wildman–Crippen LogP) is 6.97. The summed E-state index contributed by atoms with van der Waals surface area (Å²) >= 11 is 0. The van der Waals surface area contributed by atoms with Crippen LogP contribution in [0.15, 0.2) is 24.3 Å². The predicted molar refractivity (Wildman–Crippen MR) is 118 cm³/mol. The standard InChI is InChI=1S/C25H40O4/c1-5-7-10-14-23(6-2)29-25(27)22-17-15-21(16-18-22)24(26)28-19-12-9-8-11-13-20(3)4/h15-18,20,23H,5-14,19H2,1-4H3. The van der Waals surface area contributed by atoms with Crippen LogP contribution >= 0.6 is 0 Å². The molecule has 0 aliphatic heterocycles. The van der Waals surface area contributed by atoms with Crippen LogP contribution in [0.5, 0.6) is 0 Å². The van der Waals surface area contributed by atoms with Gasteiger partial charge in [-0.1, -0.05) is 66.2 Å². The zero-order chi connectivity index (χ0) is 21.5. The third kappa shape index (κ3) is 11.1. The summed E-state index contributed by atoms with van der Waals surface area (Å²) in [7, 11) is 0. The van der Waals surface area contributed by atoms with Crippen molar-refractivity contribution in [3.8, 4) is 0 Å². The first-order valence-electron chi connectivity index (χ1n) is 11.5. The topological polar surface area (TPSA) is 52.6 Å². The van der Waals surface area contributed by atoms with Crippen LogP contribution < -0.4 is 0 Å². The maximum atomic E-state index is 12.3. The maximum absolute atomic E-state index is 12.3. The van der Waals surface area contributed by atoms with Gasteiger partial charge in [-0.15, -0.1) is 0 Å². The van der Waals surface area contributed by atoms with Crippen LogP contribution in [0.1, 0.15) is 113 Å². The number of rotatable bonds is 15. The van der Waals surface area contributed by atoms with E-state index >= 15 is 0 Å². The molecule has 1 rings (SSSR count). The van der Waals surface area contributed by atoms with E-state index in [0.29, 0.717) is 17.7 Å². The summed E-state index contributed by atoms with van der Waals surface area (Å²) in [5.41, 5.74) is 0.942. The van der Waals surface area contributed by atoms with Crippen molar-refractivity contribution in [3.05, 3.63) is 35.4 Å². The van der Waals surface area contributed by atoms with Gasteiger partial charge in [0.2, 0.25) is 0 Å². The van der Waals surface area contributed by atoms with Gasteiger partial charge in [0.05, 0.1) is 17.7 Å². The Morgan fingerprint density at radius 2 is 1.38 bits per heavy atom. The molecule has 0 spiro atoms. The summed E-state index contributed by atoms with van der Waals surface area (Å²) in [5.74, 6) is 0.0924. The van der Waals surface area contributed by atoms with Gasteiger partial charge in [0.15, 0.2) is 0 Å². The molecule has 0 fully saturated rings. The van der Waals surface area contributed by atoms with Gasteiger partial charge in [0.25, 0.3) is 0 Å². The Morgan fingerprint density at radius 1 is 0.793 bits per heavy atom. The number of hydrogen-bond acceptors (Lipinski definition) is 4. The molecule has 164 valence electrons. The molecule has 0 bridgehead atoms. The van der Waals surface area contributed by atoms with Crippen LogP contribution in [0.3, 0.4) is 0 Å². The van der Waals surface area contributed by atoms with E-state index in [0.717, 1.165) is 50.9 Å². The Balaban J connectivity index is 2.36. The smallest absolute Gasteiger partial charge is 0.338 e. The molecule has 29 heavy (non-hydrogen) atoms. The second-order valence-electron chi connectivity index (χ2n) is 8.24. The fourth-order valence-electron chi connectivity index (χ4n) is 3.19. The molecule has 1 unspecified atom stereocenters. The lowest BCUT2D eigenvalue weighted by Gasteiger charge is -2.16. The molecule has 0 aliphatic carbocycles. The Hall–Kier alpha value is -1.84. The highest BCUT2D eigenvalue weighted by Gasteiger charge is 2.15. The van der Waals surface area contributed by atoms with Gasteiger partial charge in [0.1, 0.15) is 6.10 Å². The molecule has 0 aliphatic rings. The molecule has 1 atom stereocenters. The van der Waals surface area contributed by atoms with Crippen molar-refractivity contribution in [1.29, 1.82) is 0 Å². The lowest BCUT2D eigenvalue weighted by molar-refractivity contribution is 0.0266. The molecule has 0 heterocycles. The van der Waals surface area contributed by atoms with E-state index in [9.17, 15) is 9.59 Å². The highest BCUT2D eigenvalue weighted by Crippen LogP contribution is 2.14. The van der Waals surface area contributed by atoms with Crippen LogP contribution in [0.25, 0.3) is 0 Å². The summed E-state index contributed by atoms with van der Waals surface area (Å²) in [6, 6.07) is 6.56. The normalized spacial score (nSPS) is 12.0. The molecule has 0 aromatic heterocycles. The number of carbonyl (C=O) groups excluding carboxylic acids is 2. The third-order valence-corrected chi connectivity index (χ3v) is 5.12. The SMILES string of the molecule is CCCCCC(CC)OC(=O)c1ccc(C(=O)OCCCCCCC(C)C)cc1. The van der Waals surface area contributed by atoms with Gasteiger partial charge >= 0.3 is 11.9 Å². The van der Waals surface area contributed by atoms with E-state index in [1.807, 2.05) is 6.92 Å². The molecule has 1 aromatic rings. The molecular weight excluding hydrogens is 364 g/mol. The average Bonchev–Trinajstić information content (AvgIpc) is 2.72. The maximum Gasteiger partial charge on any atom is 0.338 e. The van der Waals surface area contributed by atoms with Crippen LogP contribution in [0, 0.1) is 5.92 Å². The first-order valence-corrected chi connectivity index (χ1v) is 11.5. The summed E-state index contributed by atoms with van der Waals surface area (Å²) in [5, 5.41) is 0. The molecule has 0 saturated carbocycles. The first-order chi connectivity index (χ1) is 14.0. The van der Waals surface area contributed by atoms with E-state index in [2.05, 4.69) is 20.8 Å². The average molecular weight is 405 g/mol. The largest absolute Gasteiger partial charge is 0.462 e.